The Balaban J connectivity index is 1.07. The van der Waals surface area contributed by atoms with Crippen LogP contribution in [0.4, 0.5) is 11.4 Å². The van der Waals surface area contributed by atoms with Gasteiger partial charge in [-0.15, -0.1) is 0 Å². The Morgan fingerprint density at radius 1 is 0.638 bits per heavy atom. The van der Waals surface area contributed by atoms with Crippen LogP contribution < -0.4 is 20.1 Å². The minimum Gasteiger partial charge on any atom is -0.506 e. The molecule has 2 amide bonds. The van der Waals surface area contributed by atoms with Crippen LogP contribution in [0.15, 0.2) is 109 Å². The molecule has 0 aliphatic rings. The third-order valence-electron chi connectivity index (χ3n) is 7.89. The van der Waals surface area contributed by atoms with E-state index in [1.807, 2.05) is 30.3 Å². The Hall–Kier alpha value is -5.30. The molecule has 0 fully saturated rings. The summed E-state index contributed by atoms with van der Waals surface area (Å²) in [7, 11) is 0. The number of ether oxygens (including phenoxy) is 2. The predicted molar refractivity (Wildman–Crippen MR) is 189 cm³/mol. The average molecular weight is 631 g/mol. The van der Waals surface area contributed by atoms with E-state index in [1.165, 1.54) is 5.56 Å². The van der Waals surface area contributed by atoms with Gasteiger partial charge in [0.2, 0.25) is 0 Å². The van der Waals surface area contributed by atoms with Crippen LogP contribution in [-0.2, 0) is 5.41 Å². The Labute approximate surface area is 276 Å². The summed E-state index contributed by atoms with van der Waals surface area (Å²) < 4.78 is 11.7. The van der Waals surface area contributed by atoms with Gasteiger partial charge in [-0.1, -0.05) is 77.1 Å². The zero-order valence-corrected chi connectivity index (χ0v) is 27.6. The number of amides is 2. The van der Waals surface area contributed by atoms with E-state index in [1.54, 1.807) is 66.7 Å². The van der Waals surface area contributed by atoms with Crippen molar-refractivity contribution in [3.8, 4) is 17.2 Å². The quantitative estimate of drug-likeness (QED) is 0.126. The monoisotopic (exact) mass is 630 g/mol. The fourth-order valence-corrected chi connectivity index (χ4v) is 5.93. The second-order valence-electron chi connectivity index (χ2n) is 13.5. The molecule has 47 heavy (non-hydrogen) atoms. The molecule has 0 spiro atoms. The Morgan fingerprint density at radius 2 is 1.17 bits per heavy atom. The second-order valence-corrected chi connectivity index (χ2v) is 13.5. The normalized spacial score (nSPS) is 11.6. The summed E-state index contributed by atoms with van der Waals surface area (Å²) in [5.41, 5.74) is 3.39. The number of rotatable bonds is 11. The number of carbonyl (C=O) groups excluding carboxylic acids is 2. The fraction of sp³-hybridized carbons (Fsp3) is 0.250. The molecule has 3 N–H and O–H groups in total. The Morgan fingerprint density at radius 3 is 1.74 bits per heavy atom. The van der Waals surface area contributed by atoms with Gasteiger partial charge in [-0.3, -0.25) is 9.59 Å². The van der Waals surface area contributed by atoms with Crippen molar-refractivity contribution in [1.82, 2.24) is 0 Å². The molecule has 5 rings (SSSR count). The van der Waals surface area contributed by atoms with Crippen molar-refractivity contribution >= 4 is 34.0 Å². The second kappa shape index (κ2) is 14.0. The van der Waals surface area contributed by atoms with Gasteiger partial charge in [0.25, 0.3) is 11.8 Å². The van der Waals surface area contributed by atoms with Crippen LogP contribution in [0.1, 0.15) is 67.3 Å². The van der Waals surface area contributed by atoms with E-state index < -0.39 is 5.91 Å². The molecule has 0 saturated carbocycles. The lowest BCUT2D eigenvalue weighted by Crippen LogP contribution is -2.24. The maximum Gasteiger partial charge on any atom is 0.259 e. The molecule has 0 radical (unpaired) electrons. The number of anilines is 2. The highest BCUT2D eigenvalue weighted by Crippen LogP contribution is 2.36. The van der Waals surface area contributed by atoms with Gasteiger partial charge in [-0.25, -0.2) is 0 Å². The van der Waals surface area contributed by atoms with Gasteiger partial charge in [0.1, 0.15) is 30.5 Å². The van der Waals surface area contributed by atoms with E-state index in [0.29, 0.717) is 41.3 Å². The number of nitrogens with one attached hydrogen (secondary N) is 2. The molecule has 7 nitrogen and oxygen atoms in total. The lowest BCUT2D eigenvalue weighted by molar-refractivity contribution is 0.101. The summed E-state index contributed by atoms with van der Waals surface area (Å²) in [5.74, 6) is 0.680. The van der Waals surface area contributed by atoms with Crippen molar-refractivity contribution in [3.63, 3.8) is 0 Å². The zero-order valence-electron chi connectivity index (χ0n) is 27.6. The molecule has 0 heterocycles. The number of hydrogen-bond donors (Lipinski definition) is 3. The largest absolute Gasteiger partial charge is 0.506 e. The van der Waals surface area contributed by atoms with Crippen LogP contribution in [0.3, 0.4) is 0 Å². The molecule has 0 bridgehead atoms. The van der Waals surface area contributed by atoms with E-state index in [0.717, 1.165) is 17.6 Å². The van der Waals surface area contributed by atoms with Crippen molar-refractivity contribution < 1.29 is 24.2 Å². The first kappa shape index (κ1) is 33.1. The van der Waals surface area contributed by atoms with Gasteiger partial charge in [-0.2, -0.15) is 0 Å². The molecule has 7 heteroatoms. The van der Waals surface area contributed by atoms with Gasteiger partial charge in [0, 0.05) is 22.3 Å². The number of aromatic hydroxyl groups is 1. The van der Waals surface area contributed by atoms with Crippen molar-refractivity contribution in [2.45, 2.75) is 46.5 Å². The maximum absolute atomic E-state index is 12.8. The van der Waals surface area contributed by atoms with E-state index >= 15 is 0 Å². The van der Waals surface area contributed by atoms with Gasteiger partial charge < -0.3 is 25.2 Å². The number of fused-ring (bicyclic) bond motifs is 1. The van der Waals surface area contributed by atoms with Crippen molar-refractivity contribution in [2.75, 3.05) is 23.8 Å². The van der Waals surface area contributed by atoms with Crippen molar-refractivity contribution in [2.24, 2.45) is 5.41 Å². The summed E-state index contributed by atoms with van der Waals surface area (Å²) in [6.45, 7) is 12.1. The van der Waals surface area contributed by atoms with Crippen LogP contribution in [0, 0.1) is 5.41 Å². The highest BCUT2D eigenvalue weighted by molar-refractivity contribution is 6.10. The first-order valence-electron chi connectivity index (χ1n) is 15.8. The third-order valence-corrected chi connectivity index (χ3v) is 7.89. The van der Waals surface area contributed by atoms with Crippen molar-refractivity contribution in [1.29, 1.82) is 0 Å². The number of benzene rings is 5. The van der Waals surface area contributed by atoms with Gasteiger partial charge in [-0.05, 0) is 94.9 Å². The van der Waals surface area contributed by atoms with Crippen LogP contribution in [0.25, 0.3) is 10.8 Å². The van der Waals surface area contributed by atoms with E-state index in [9.17, 15) is 14.7 Å². The number of phenols is 1. The third kappa shape index (κ3) is 8.70. The van der Waals surface area contributed by atoms with E-state index in [4.69, 9.17) is 9.47 Å². The van der Waals surface area contributed by atoms with E-state index in [-0.39, 0.29) is 28.1 Å². The first-order valence-corrected chi connectivity index (χ1v) is 15.8. The number of phenolic OH excluding ortho intramolecular Hbond substituents is 1. The average Bonchev–Trinajstić information content (AvgIpc) is 3.03. The summed E-state index contributed by atoms with van der Waals surface area (Å²) in [6.07, 6.45) is 1.09. The number of hydrogen-bond acceptors (Lipinski definition) is 5. The molecular formula is C40H42N2O5. The topological polar surface area (TPSA) is 96.9 Å². The van der Waals surface area contributed by atoms with Crippen LogP contribution >= 0.6 is 0 Å². The lowest BCUT2D eigenvalue weighted by atomic mass is 9.72. The summed E-state index contributed by atoms with van der Waals surface area (Å²) in [6, 6.07) is 32.7. The molecule has 0 aromatic heterocycles. The van der Waals surface area contributed by atoms with E-state index in [2.05, 4.69) is 57.4 Å². The van der Waals surface area contributed by atoms with Gasteiger partial charge >= 0.3 is 0 Å². The molecule has 0 unspecified atom stereocenters. The van der Waals surface area contributed by atoms with Crippen LogP contribution in [-0.4, -0.2) is 30.1 Å². The Bertz CT molecular complexity index is 1840. The Kier molecular flexibility index (Phi) is 9.85. The molecule has 0 aliphatic heterocycles. The first-order chi connectivity index (χ1) is 22.4. The van der Waals surface area contributed by atoms with Crippen LogP contribution in [0.5, 0.6) is 17.2 Å². The molecule has 242 valence electrons. The SMILES string of the molecule is CC(C)(C)CC(C)(C)c1ccc(OCCOc2ccc(C(=O)Nc3ccc(NC(=O)c4ccc5ccccc5c4O)cc3)cc2)cc1. The minimum atomic E-state index is -0.427. The van der Waals surface area contributed by atoms with Crippen molar-refractivity contribution in [3.05, 3.63) is 126 Å². The summed E-state index contributed by atoms with van der Waals surface area (Å²) in [4.78, 5) is 25.6. The molecule has 5 aromatic rings. The fourth-order valence-electron chi connectivity index (χ4n) is 5.93. The lowest BCUT2D eigenvalue weighted by Gasteiger charge is -2.33. The molecule has 0 saturated heterocycles. The smallest absolute Gasteiger partial charge is 0.259 e. The summed E-state index contributed by atoms with van der Waals surface area (Å²) in [5, 5.41) is 17.7. The molecule has 5 aromatic carbocycles. The molecule has 0 aliphatic carbocycles. The standard InChI is InChI=1S/C40H42N2O5/c1-39(2,3)26-40(4,5)29-13-21-33(22-14-29)47-25-24-46-32-19-10-28(11-20-32)37(44)41-30-15-17-31(18-16-30)42-38(45)35-23-12-27-8-6-7-9-34(27)36(35)43/h6-23,43H,24-26H2,1-5H3,(H,41,44)(H,42,45). The predicted octanol–water partition coefficient (Wildman–Crippen LogP) is 9.22. The van der Waals surface area contributed by atoms with Crippen LogP contribution in [0.2, 0.25) is 0 Å². The van der Waals surface area contributed by atoms with Gasteiger partial charge in [0.05, 0.1) is 5.56 Å². The number of carbonyl (C=O) groups is 2. The summed E-state index contributed by atoms with van der Waals surface area (Å²) >= 11 is 0. The highest BCUT2D eigenvalue weighted by Gasteiger charge is 2.27. The highest BCUT2D eigenvalue weighted by atomic mass is 16.5. The zero-order chi connectivity index (χ0) is 33.6. The van der Waals surface area contributed by atoms with Gasteiger partial charge in [0.15, 0.2) is 0 Å². The molecular weight excluding hydrogens is 588 g/mol. The maximum atomic E-state index is 12.8. The minimum absolute atomic E-state index is 0.0637. The molecule has 0 atom stereocenters.